The molecule has 1 heterocycles. The first-order valence-corrected chi connectivity index (χ1v) is 8.96. The summed E-state index contributed by atoms with van der Waals surface area (Å²) in [6, 6.07) is 10.2. The summed E-state index contributed by atoms with van der Waals surface area (Å²) in [7, 11) is 0. The third-order valence-corrected chi connectivity index (χ3v) is 4.61. The van der Waals surface area contributed by atoms with Gasteiger partial charge < -0.3 is 9.73 Å². The molecule has 8 nitrogen and oxygen atoms in total. The number of carbonyl (C=O) groups is 1. The number of nitro benzene ring substituents is 1. The molecule has 146 valence electrons. The lowest BCUT2D eigenvalue weighted by atomic mass is 10.0. The summed E-state index contributed by atoms with van der Waals surface area (Å²) in [4.78, 5) is 34.4. The van der Waals surface area contributed by atoms with Gasteiger partial charge in [0.2, 0.25) is 5.91 Å². The molecule has 1 N–H and O–H groups in total. The van der Waals surface area contributed by atoms with Crippen LogP contribution in [0.15, 0.2) is 45.6 Å². The molecule has 28 heavy (non-hydrogen) atoms. The van der Waals surface area contributed by atoms with E-state index in [1.165, 1.54) is 39.5 Å². The molecule has 0 aliphatic carbocycles. The number of nitro groups is 1. The smallest absolute Gasteiger partial charge is 0.407 e. The van der Waals surface area contributed by atoms with E-state index in [0.717, 1.165) is 12.8 Å². The van der Waals surface area contributed by atoms with Gasteiger partial charge in [-0.1, -0.05) is 23.8 Å². The lowest BCUT2D eigenvalue weighted by molar-refractivity contribution is -0.384. The van der Waals surface area contributed by atoms with E-state index in [1.807, 2.05) is 0 Å². The van der Waals surface area contributed by atoms with Crippen molar-refractivity contribution in [3.8, 4) is 0 Å². The van der Waals surface area contributed by atoms with Gasteiger partial charge in [0, 0.05) is 12.6 Å². The number of nitrogens with one attached hydrogen (secondary N) is 1. The maximum atomic E-state index is 12.2. The van der Waals surface area contributed by atoms with Crippen molar-refractivity contribution in [2.75, 3.05) is 6.54 Å². The van der Waals surface area contributed by atoms with Gasteiger partial charge in [-0.25, -0.2) is 4.79 Å². The molecule has 0 unspecified atom stereocenters. The molecule has 1 amide bonds. The molecule has 0 aliphatic rings. The second kappa shape index (κ2) is 8.08. The Morgan fingerprint density at radius 1 is 1.21 bits per heavy atom. The summed E-state index contributed by atoms with van der Waals surface area (Å²) in [5, 5.41) is 13.6. The quantitative estimate of drug-likeness (QED) is 0.383. The predicted octanol–water partition coefficient (Wildman–Crippen LogP) is 2.87. The molecule has 0 saturated carbocycles. The van der Waals surface area contributed by atoms with Crippen LogP contribution in [0.5, 0.6) is 0 Å². The fourth-order valence-corrected chi connectivity index (χ4v) is 3.15. The van der Waals surface area contributed by atoms with Crippen LogP contribution in [0.3, 0.4) is 0 Å². The lowest BCUT2D eigenvalue weighted by Gasteiger charge is -2.08. The van der Waals surface area contributed by atoms with Crippen LogP contribution in [-0.2, 0) is 17.8 Å². The molecule has 3 rings (SSSR count). The molecule has 0 fully saturated rings. The molecule has 0 saturated heterocycles. The average Bonchev–Trinajstić information content (AvgIpc) is 2.94. The zero-order chi connectivity index (χ0) is 20.3. The van der Waals surface area contributed by atoms with Gasteiger partial charge in [0.25, 0.3) is 5.69 Å². The molecular formula is C20H21N3O5. The van der Waals surface area contributed by atoms with Gasteiger partial charge in [0.15, 0.2) is 5.58 Å². The Morgan fingerprint density at radius 2 is 2.00 bits per heavy atom. The Kier molecular flexibility index (Phi) is 5.58. The van der Waals surface area contributed by atoms with Crippen LogP contribution in [0.1, 0.15) is 23.1 Å². The number of carbonyl (C=O) groups excluding carboxylic acids is 1. The molecule has 0 radical (unpaired) electrons. The Hall–Kier alpha value is -3.42. The largest absolute Gasteiger partial charge is 0.420 e. The Bertz CT molecular complexity index is 1100. The number of oxazole rings is 1. The Labute approximate surface area is 160 Å². The van der Waals surface area contributed by atoms with Crippen LogP contribution in [-0.4, -0.2) is 21.9 Å². The second-order valence-electron chi connectivity index (χ2n) is 6.75. The normalized spacial score (nSPS) is 10.9. The zero-order valence-electron chi connectivity index (χ0n) is 15.7. The standard InChI is InChI=1S/C20H21N3O5/c1-13-5-6-15(14(2)10-13)4-3-9-21-19(24)12-22-17-8-7-16(23(26)27)11-18(17)28-20(22)25/h5-8,10-11H,3-4,9,12H2,1-2H3,(H,21,24). The number of hydrogen-bond donors (Lipinski definition) is 1. The number of hydrogen-bond acceptors (Lipinski definition) is 5. The van der Waals surface area contributed by atoms with Gasteiger partial charge in [0.1, 0.15) is 6.54 Å². The monoisotopic (exact) mass is 383 g/mol. The molecule has 1 aromatic heterocycles. The zero-order valence-corrected chi connectivity index (χ0v) is 15.7. The summed E-state index contributed by atoms with van der Waals surface area (Å²) in [5.74, 6) is -1.04. The minimum Gasteiger partial charge on any atom is -0.407 e. The van der Waals surface area contributed by atoms with Crippen molar-refractivity contribution < 1.29 is 14.1 Å². The van der Waals surface area contributed by atoms with Crippen molar-refractivity contribution in [2.45, 2.75) is 33.2 Å². The number of amides is 1. The highest BCUT2D eigenvalue weighted by atomic mass is 16.6. The summed E-state index contributed by atoms with van der Waals surface area (Å²) < 4.78 is 6.19. The Balaban J connectivity index is 1.58. The number of aromatic nitrogens is 1. The molecule has 0 aliphatic heterocycles. The van der Waals surface area contributed by atoms with E-state index in [2.05, 4.69) is 37.4 Å². The highest BCUT2D eigenvalue weighted by Gasteiger charge is 2.16. The third kappa shape index (κ3) is 4.28. The van der Waals surface area contributed by atoms with Crippen LogP contribution < -0.4 is 11.1 Å². The van der Waals surface area contributed by atoms with Gasteiger partial charge in [-0.05, 0) is 43.9 Å². The third-order valence-electron chi connectivity index (χ3n) is 4.61. The Morgan fingerprint density at radius 3 is 2.71 bits per heavy atom. The molecule has 2 aromatic carbocycles. The topological polar surface area (TPSA) is 107 Å². The predicted molar refractivity (Wildman–Crippen MR) is 104 cm³/mol. The second-order valence-corrected chi connectivity index (χ2v) is 6.75. The highest BCUT2D eigenvalue weighted by Crippen LogP contribution is 2.20. The van der Waals surface area contributed by atoms with Gasteiger partial charge in [-0.2, -0.15) is 0 Å². The summed E-state index contributed by atoms with van der Waals surface area (Å²) in [6.45, 7) is 4.41. The summed E-state index contributed by atoms with van der Waals surface area (Å²) in [5.41, 5.74) is 3.96. The van der Waals surface area contributed by atoms with Crippen molar-refractivity contribution in [1.29, 1.82) is 0 Å². The average molecular weight is 383 g/mol. The molecule has 0 bridgehead atoms. The molecule has 0 spiro atoms. The number of fused-ring (bicyclic) bond motifs is 1. The van der Waals surface area contributed by atoms with Gasteiger partial charge in [-0.3, -0.25) is 19.5 Å². The molecule has 0 atom stereocenters. The van der Waals surface area contributed by atoms with Crippen LogP contribution in [0.4, 0.5) is 5.69 Å². The first-order valence-electron chi connectivity index (χ1n) is 8.96. The SMILES string of the molecule is Cc1ccc(CCCNC(=O)Cn2c(=O)oc3cc([N+](=O)[O-])ccc32)c(C)c1. The fraction of sp³-hybridized carbons (Fsp3) is 0.300. The van der Waals surface area contributed by atoms with Crippen LogP contribution in [0.25, 0.3) is 11.1 Å². The number of aryl methyl sites for hydroxylation is 3. The van der Waals surface area contributed by atoms with E-state index in [-0.39, 0.29) is 23.7 Å². The van der Waals surface area contributed by atoms with Crippen molar-refractivity contribution >= 4 is 22.7 Å². The van der Waals surface area contributed by atoms with E-state index >= 15 is 0 Å². The van der Waals surface area contributed by atoms with E-state index in [4.69, 9.17) is 4.42 Å². The van der Waals surface area contributed by atoms with E-state index < -0.39 is 10.7 Å². The van der Waals surface area contributed by atoms with Crippen molar-refractivity contribution in [3.05, 3.63) is 73.8 Å². The van der Waals surface area contributed by atoms with Crippen molar-refractivity contribution in [2.24, 2.45) is 0 Å². The molecule has 3 aromatic rings. The minimum absolute atomic E-state index is 0.0850. The van der Waals surface area contributed by atoms with Crippen LogP contribution >= 0.6 is 0 Å². The number of rotatable bonds is 7. The molecular weight excluding hydrogens is 362 g/mol. The molecule has 8 heteroatoms. The first-order chi connectivity index (χ1) is 13.3. The first kappa shape index (κ1) is 19.3. The van der Waals surface area contributed by atoms with Crippen molar-refractivity contribution in [3.63, 3.8) is 0 Å². The van der Waals surface area contributed by atoms with Gasteiger partial charge in [-0.15, -0.1) is 0 Å². The number of nitrogens with zero attached hydrogens (tertiary/aromatic N) is 2. The van der Waals surface area contributed by atoms with E-state index in [9.17, 15) is 19.7 Å². The van der Waals surface area contributed by atoms with Gasteiger partial charge in [0.05, 0.1) is 16.5 Å². The summed E-state index contributed by atoms with van der Waals surface area (Å²) in [6.07, 6.45) is 1.63. The minimum atomic E-state index is -0.721. The van der Waals surface area contributed by atoms with Crippen molar-refractivity contribution in [1.82, 2.24) is 9.88 Å². The fourth-order valence-electron chi connectivity index (χ4n) is 3.15. The maximum Gasteiger partial charge on any atom is 0.420 e. The summed E-state index contributed by atoms with van der Waals surface area (Å²) >= 11 is 0. The van der Waals surface area contributed by atoms with E-state index in [0.29, 0.717) is 12.1 Å². The van der Waals surface area contributed by atoms with Crippen LogP contribution in [0, 0.1) is 24.0 Å². The lowest BCUT2D eigenvalue weighted by Crippen LogP contribution is -2.31. The van der Waals surface area contributed by atoms with Crippen LogP contribution in [0.2, 0.25) is 0 Å². The van der Waals surface area contributed by atoms with E-state index in [1.54, 1.807) is 0 Å². The highest BCUT2D eigenvalue weighted by molar-refractivity contribution is 5.80. The maximum absolute atomic E-state index is 12.2. The van der Waals surface area contributed by atoms with Gasteiger partial charge >= 0.3 is 5.76 Å². The number of benzene rings is 2. The number of non-ortho nitro benzene ring substituents is 1.